The highest BCUT2D eigenvalue weighted by Crippen LogP contribution is 2.27. The molecule has 1 fully saturated rings. The maximum atomic E-state index is 4.62. The van der Waals surface area contributed by atoms with Crippen molar-refractivity contribution in [2.45, 2.75) is 24.9 Å². The molecule has 2 bridgehead atoms. The van der Waals surface area contributed by atoms with Gasteiger partial charge in [-0.3, -0.25) is 0 Å². The summed E-state index contributed by atoms with van der Waals surface area (Å²) in [5, 5.41) is 0. The third-order valence-corrected chi connectivity index (χ3v) is 4.46. The number of hydrogen-bond donors (Lipinski definition) is 1. The van der Waals surface area contributed by atoms with E-state index in [1.165, 1.54) is 11.1 Å². The SMILES string of the molecule is CN1C[C@H]2Cc3ccccc3C[C@@H]1CN2S. The van der Waals surface area contributed by atoms with Crippen molar-refractivity contribution in [3.8, 4) is 0 Å². The van der Waals surface area contributed by atoms with Gasteiger partial charge in [-0.2, -0.15) is 0 Å². The number of thiol groups is 1. The molecule has 0 unspecified atom stereocenters. The first-order valence-corrected chi connectivity index (χ1v) is 6.36. The molecule has 3 heterocycles. The molecule has 16 heavy (non-hydrogen) atoms. The predicted molar refractivity (Wildman–Crippen MR) is 69.7 cm³/mol. The normalized spacial score (nSPS) is 30.9. The summed E-state index contributed by atoms with van der Waals surface area (Å²) in [6.07, 6.45) is 2.30. The van der Waals surface area contributed by atoms with E-state index in [4.69, 9.17) is 0 Å². The number of benzene rings is 1. The van der Waals surface area contributed by atoms with Crippen LogP contribution in [0.2, 0.25) is 0 Å². The maximum Gasteiger partial charge on any atom is 0.0368 e. The van der Waals surface area contributed by atoms with Crippen LogP contribution in [0, 0.1) is 0 Å². The van der Waals surface area contributed by atoms with Crippen molar-refractivity contribution < 1.29 is 0 Å². The Labute approximate surface area is 103 Å². The molecular weight excluding hydrogens is 216 g/mol. The average Bonchev–Trinajstić information content (AvgIpc) is 2.24. The molecule has 3 aliphatic heterocycles. The summed E-state index contributed by atoms with van der Waals surface area (Å²) in [5.74, 6) is 0. The average molecular weight is 234 g/mol. The Morgan fingerprint density at radius 2 is 1.69 bits per heavy atom. The van der Waals surface area contributed by atoms with E-state index in [1.54, 1.807) is 0 Å². The van der Waals surface area contributed by atoms with Gasteiger partial charge in [-0.15, -0.1) is 0 Å². The minimum atomic E-state index is 0.561. The Morgan fingerprint density at radius 3 is 2.38 bits per heavy atom. The second-order valence-corrected chi connectivity index (χ2v) is 5.56. The van der Waals surface area contributed by atoms with Gasteiger partial charge < -0.3 is 4.90 Å². The lowest BCUT2D eigenvalue weighted by atomic mass is 9.89. The highest BCUT2D eigenvalue weighted by atomic mass is 32.1. The van der Waals surface area contributed by atoms with Gasteiger partial charge in [0.2, 0.25) is 0 Å². The molecule has 0 radical (unpaired) electrons. The summed E-state index contributed by atoms with van der Waals surface area (Å²) < 4.78 is 2.24. The van der Waals surface area contributed by atoms with Crippen molar-refractivity contribution in [1.29, 1.82) is 0 Å². The smallest absolute Gasteiger partial charge is 0.0368 e. The van der Waals surface area contributed by atoms with Crippen molar-refractivity contribution >= 4 is 12.8 Å². The molecule has 86 valence electrons. The lowest BCUT2D eigenvalue weighted by Crippen LogP contribution is -2.56. The van der Waals surface area contributed by atoms with Crippen LogP contribution in [-0.2, 0) is 12.8 Å². The minimum absolute atomic E-state index is 0.561. The zero-order valence-electron chi connectivity index (χ0n) is 9.63. The van der Waals surface area contributed by atoms with Gasteiger partial charge in [0.05, 0.1) is 0 Å². The third kappa shape index (κ3) is 1.77. The van der Waals surface area contributed by atoms with Crippen molar-refractivity contribution in [2.75, 3.05) is 20.1 Å². The minimum Gasteiger partial charge on any atom is -0.300 e. The molecule has 0 spiro atoms. The molecule has 0 aliphatic carbocycles. The number of fused-ring (bicyclic) bond motifs is 2. The molecule has 0 amide bonds. The second kappa shape index (κ2) is 4.06. The topological polar surface area (TPSA) is 6.48 Å². The number of hydrogen-bond acceptors (Lipinski definition) is 3. The first-order chi connectivity index (χ1) is 7.74. The molecule has 0 N–H and O–H groups in total. The van der Waals surface area contributed by atoms with Gasteiger partial charge >= 0.3 is 0 Å². The summed E-state index contributed by atoms with van der Waals surface area (Å²) >= 11 is 4.62. The van der Waals surface area contributed by atoms with Crippen molar-refractivity contribution in [3.05, 3.63) is 35.4 Å². The van der Waals surface area contributed by atoms with Crippen LogP contribution in [-0.4, -0.2) is 41.4 Å². The van der Waals surface area contributed by atoms with Gasteiger partial charge in [-0.1, -0.05) is 37.1 Å². The highest BCUT2D eigenvalue weighted by molar-refractivity contribution is 7.77. The van der Waals surface area contributed by atoms with Crippen molar-refractivity contribution in [1.82, 2.24) is 9.21 Å². The second-order valence-electron chi connectivity index (χ2n) is 5.05. The van der Waals surface area contributed by atoms with E-state index >= 15 is 0 Å². The summed E-state index contributed by atoms with van der Waals surface area (Å²) in [6.45, 7) is 2.22. The molecule has 0 aromatic heterocycles. The van der Waals surface area contributed by atoms with E-state index in [-0.39, 0.29) is 0 Å². The molecule has 3 aliphatic rings. The number of rotatable bonds is 0. The van der Waals surface area contributed by atoms with Crippen LogP contribution in [0.25, 0.3) is 0 Å². The van der Waals surface area contributed by atoms with Crippen LogP contribution in [0.15, 0.2) is 24.3 Å². The Hall–Kier alpha value is -0.510. The standard InChI is InChI=1S/C13H18N2S/c1-14-8-13-7-11-5-3-2-4-10(11)6-12(14)9-15(13)16/h2-5,12-13,16H,6-9H2,1H3/t12-,13-/m1/s1. The molecule has 2 nitrogen and oxygen atoms in total. The quantitative estimate of drug-likeness (QED) is 0.682. The Morgan fingerprint density at radius 1 is 1.06 bits per heavy atom. The van der Waals surface area contributed by atoms with E-state index in [9.17, 15) is 0 Å². The molecule has 0 saturated carbocycles. The molecular formula is C13H18N2S. The zero-order chi connectivity index (χ0) is 11.1. The number of nitrogens with zero attached hydrogens (tertiary/aromatic N) is 2. The first-order valence-electron chi connectivity index (χ1n) is 5.96. The molecule has 4 rings (SSSR count). The predicted octanol–water partition coefficient (Wildman–Crippen LogP) is 1.61. The summed E-state index contributed by atoms with van der Waals surface area (Å²) in [6, 6.07) is 10.1. The third-order valence-electron chi connectivity index (χ3n) is 3.97. The van der Waals surface area contributed by atoms with E-state index < -0.39 is 0 Å². The van der Waals surface area contributed by atoms with Gasteiger partial charge in [0.25, 0.3) is 0 Å². The maximum absolute atomic E-state index is 4.62. The van der Waals surface area contributed by atoms with Crippen LogP contribution < -0.4 is 0 Å². The van der Waals surface area contributed by atoms with Crippen LogP contribution in [0.4, 0.5) is 0 Å². The van der Waals surface area contributed by atoms with Gasteiger partial charge in [-0.05, 0) is 31.0 Å². The Balaban J connectivity index is 1.99. The van der Waals surface area contributed by atoms with Crippen LogP contribution in [0.3, 0.4) is 0 Å². The van der Waals surface area contributed by atoms with Crippen molar-refractivity contribution in [2.24, 2.45) is 0 Å². The van der Waals surface area contributed by atoms with E-state index in [1.807, 2.05) is 0 Å². The molecule has 1 saturated heterocycles. The van der Waals surface area contributed by atoms with Gasteiger partial charge in [0.15, 0.2) is 0 Å². The molecule has 1 aromatic carbocycles. The lowest BCUT2D eigenvalue weighted by molar-refractivity contribution is 0.103. The van der Waals surface area contributed by atoms with E-state index in [0.717, 1.165) is 25.9 Å². The summed E-state index contributed by atoms with van der Waals surface area (Å²) in [7, 11) is 2.24. The van der Waals surface area contributed by atoms with Crippen LogP contribution in [0.5, 0.6) is 0 Å². The number of likely N-dealkylation sites (N-methyl/N-ethyl adjacent to an activating group) is 1. The van der Waals surface area contributed by atoms with Gasteiger partial charge in [-0.25, -0.2) is 4.31 Å². The fourth-order valence-corrected chi connectivity index (χ4v) is 3.28. The largest absolute Gasteiger partial charge is 0.300 e. The molecule has 3 heteroatoms. The monoisotopic (exact) mass is 234 g/mol. The fraction of sp³-hybridized carbons (Fsp3) is 0.538. The highest BCUT2D eigenvalue weighted by Gasteiger charge is 2.33. The van der Waals surface area contributed by atoms with Crippen LogP contribution in [0.1, 0.15) is 11.1 Å². The van der Waals surface area contributed by atoms with Gasteiger partial charge in [0.1, 0.15) is 0 Å². The van der Waals surface area contributed by atoms with Crippen molar-refractivity contribution in [3.63, 3.8) is 0 Å². The Bertz CT molecular complexity index is 356. The molecule has 1 aromatic rings. The molecule has 2 atom stereocenters. The van der Waals surface area contributed by atoms with E-state index in [0.29, 0.717) is 12.1 Å². The Kier molecular flexibility index (Phi) is 2.70. The summed E-state index contributed by atoms with van der Waals surface area (Å²) in [4.78, 5) is 2.49. The van der Waals surface area contributed by atoms with E-state index in [2.05, 4.69) is 53.3 Å². The summed E-state index contributed by atoms with van der Waals surface area (Å²) in [5.41, 5.74) is 3.05. The lowest BCUT2D eigenvalue weighted by Gasteiger charge is -2.45. The fourth-order valence-electron chi connectivity index (χ4n) is 2.93. The first kappa shape index (κ1) is 10.6. The zero-order valence-corrected chi connectivity index (χ0v) is 10.5. The van der Waals surface area contributed by atoms with Crippen LogP contribution >= 0.6 is 12.8 Å². The number of piperazine rings is 1. The van der Waals surface area contributed by atoms with Gasteiger partial charge in [0, 0.05) is 25.2 Å².